The molecular formula is C23H27N3O4. The van der Waals surface area contributed by atoms with Crippen molar-refractivity contribution in [2.24, 2.45) is 5.41 Å². The molecule has 1 fully saturated rings. The van der Waals surface area contributed by atoms with Gasteiger partial charge in [-0.3, -0.25) is 9.69 Å². The van der Waals surface area contributed by atoms with Crippen LogP contribution in [-0.2, 0) is 22.5 Å². The van der Waals surface area contributed by atoms with Crippen LogP contribution in [0.1, 0.15) is 30.9 Å². The molecule has 2 aromatic carbocycles. The Balaban J connectivity index is 1.59. The number of carbonyl (C=O) groups is 1. The Kier molecular flexibility index (Phi) is 5.99. The molecule has 4 rings (SSSR count). The largest absolute Gasteiger partial charge is 0.497 e. The first-order valence-electron chi connectivity index (χ1n) is 10.4. The molecule has 0 spiro atoms. The SMILES string of the molecule is CCOC(=O)[C@@]1(Cc2cccc(OC)c2)CCCN(Cc2cccc3nonc23)C1. The molecule has 1 aromatic heterocycles. The number of benzene rings is 2. The van der Waals surface area contributed by atoms with E-state index in [1.165, 1.54) is 0 Å². The number of methoxy groups -OCH3 is 1. The van der Waals surface area contributed by atoms with Crippen LogP contribution >= 0.6 is 0 Å². The van der Waals surface area contributed by atoms with Crippen molar-refractivity contribution in [1.29, 1.82) is 0 Å². The summed E-state index contributed by atoms with van der Waals surface area (Å²) in [4.78, 5) is 15.4. The van der Waals surface area contributed by atoms with Crippen molar-refractivity contribution in [1.82, 2.24) is 15.2 Å². The number of rotatable bonds is 7. The zero-order valence-electron chi connectivity index (χ0n) is 17.5. The Labute approximate surface area is 175 Å². The van der Waals surface area contributed by atoms with Crippen LogP contribution in [0.15, 0.2) is 47.1 Å². The minimum atomic E-state index is -0.587. The molecule has 1 aliphatic rings. The number of esters is 1. The van der Waals surface area contributed by atoms with E-state index in [2.05, 4.69) is 15.2 Å². The molecule has 0 unspecified atom stereocenters. The Morgan fingerprint density at radius 2 is 2.10 bits per heavy atom. The second-order valence-corrected chi connectivity index (χ2v) is 7.89. The van der Waals surface area contributed by atoms with Crippen molar-refractivity contribution in [3.05, 3.63) is 53.6 Å². The summed E-state index contributed by atoms with van der Waals surface area (Å²) in [5.41, 5.74) is 3.06. The van der Waals surface area contributed by atoms with Crippen molar-refractivity contribution in [3.8, 4) is 5.75 Å². The van der Waals surface area contributed by atoms with Gasteiger partial charge >= 0.3 is 5.97 Å². The number of hydrogen-bond acceptors (Lipinski definition) is 7. The zero-order chi connectivity index (χ0) is 21.0. The fourth-order valence-electron chi connectivity index (χ4n) is 4.43. The molecular weight excluding hydrogens is 382 g/mol. The number of carbonyl (C=O) groups excluding carboxylic acids is 1. The predicted molar refractivity (Wildman–Crippen MR) is 112 cm³/mol. The van der Waals surface area contributed by atoms with Crippen molar-refractivity contribution in [2.75, 3.05) is 26.8 Å². The Bertz CT molecular complexity index is 1020. The van der Waals surface area contributed by atoms with Crippen LogP contribution in [-0.4, -0.2) is 48.0 Å². The van der Waals surface area contributed by atoms with Gasteiger partial charge < -0.3 is 9.47 Å². The number of hydrogen-bond donors (Lipinski definition) is 0. The lowest BCUT2D eigenvalue weighted by molar-refractivity contribution is -0.159. The van der Waals surface area contributed by atoms with Crippen LogP contribution in [0, 0.1) is 5.41 Å². The highest BCUT2D eigenvalue weighted by atomic mass is 16.6. The maximum Gasteiger partial charge on any atom is 0.313 e. The lowest BCUT2D eigenvalue weighted by atomic mass is 9.75. The summed E-state index contributed by atoms with van der Waals surface area (Å²) in [6.07, 6.45) is 2.35. The number of fused-ring (bicyclic) bond motifs is 1. The topological polar surface area (TPSA) is 77.7 Å². The van der Waals surface area contributed by atoms with E-state index in [9.17, 15) is 4.79 Å². The van der Waals surface area contributed by atoms with Gasteiger partial charge in [0.1, 0.15) is 16.8 Å². The van der Waals surface area contributed by atoms with Gasteiger partial charge in [-0.05, 0) is 72.4 Å². The Morgan fingerprint density at radius 3 is 2.93 bits per heavy atom. The van der Waals surface area contributed by atoms with E-state index < -0.39 is 5.41 Å². The van der Waals surface area contributed by atoms with E-state index in [4.69, 9.17) is 14.1 Å². The minimum absolute atomic E-state index is 0.126. The van der Waals surface area contributed by atoms with Crippen LogP contribution in [0.3, 0.4) is 0 Å². The van der Waals surface area contributed by atoms with Crippen molar-refractivity contribution in [2.45, 2.75) is 32.7 Å². The standard InChI is InChI=1S/C23H27N3O4/c1-3-29-22(27)23(14-17-7-4-9-19(13-17)28-2)11-6-12-26(16-23)15-18-8-5-10-20-21(18)25-30-24-20/h4-5,7-10,13H,3,6,11-12,14-16H2,1-2H3/t23-/m1/s1. The Morgan fingerprint density at radius 1 is 1.23 bits per heavy atom. The summed E-state index contributed by atoms with van der Waals surface area (Å²) in [5.74, 6) is 0.670. The van der Waals surface area contributed by atoms with Gasteiger partial charge in [0.2, 0.25) is 0 Å². The molecule has 158 valence electrons. The van der Waals surface area contributed by atoms with E-state index in [0.29, 0.717) is 26.1 Å². The van der Waals surface area contributed by atoms with E-state index >= 15 is 0 Å². The van der Waals surface area contributed by atoms with Crippen molar-refractivity contribution < 1.29 is 18.9 Å². The van der Waals surface area contributed by atoms with Gasteiger partial charge in [0.25, 0.3) is 0 Å². The summed E-state index contributed by atoms with van der Waals surface area (Å²) in [6, 6.07) is 13.8. The lowest BCUT2D eigenvalue weighted by Gasteiger charge is -2.41. The molecule has 1 aliphatic heterocycles. The fourth-order valence-corrected chi connectivity index (χ4v) is 4.43. The van der Waals surface area contributed by atoms with Gasteiger partial charge in [-0.1, -0.05) is 24.3 Å². The van der Waals surface area contributed by atoms with Gasteiger partial charge in [-0.25, -0.2) is 4.63 Å². The zero-order valence-corrected chi connectivity index (χ0v) is 17.5. The molecule has 0 aliphatic carbocycles. The first-order chi connectivity index (χ1) is 14.6. The van der Waals surface area contributed by atoms with Crippen LogP contribution in [0.4, 0.5) is 0 Å². The van der Waals surface area contributed by atoms with E-state index in [-0.39, 0.29) is 5.97 Å². The third-order valence-corrected chi connectivity index (χ3v) is 5.80. The fraction of sp³-hybridized carbons (Fsp3) is 0.435. The molecule has 7 heteroatoms. The van der Waals surface area contributed by atoms with Crippen molar-refractivity contribution in [3.63, 3.8) is 0 Å². The van der Waals surface area contributed by atoms with Crippen molar-refractivity contribution >= 4 is 17.0 Å². The molecule has 0 radical (unpaired) electrons. The van der Waals surface area contributed by atoms with Crippen LogP contribution in [0.5, 0.6) is 5.75 Å². The quantitative estimate of drug-likeness (QED) is 0.552. The highest BCUT2D eigenvalue weighted by molar-refractivity contribution is 5.78. The molecule has 30 heavy (non-hydrogen) atoms. The smallest absolute Gasteiger partial charge is 0.313 e. The second-order valence-electron chi connectivity index (χ2n) is 7.89. The highest BCUT2D eigenvalue weighted by Gasteiger charge is 2.43. The minimum Gasteiger partial charge on any atom is -0.497 e. The second kappa shape index (κ2) is 8.83. The first kappa shape index (κ1) is 20.3. The Hall–Kier alpha value is -2.93. The summed E-state index contributed by atoms with van der Waals surface area (Å²) in [7, 11) is 1.65. The average Bonchev–Trinajstić information content (AvgIpc) is 3.24. The van der Waals surface area contributed by atoms with Gasteiger partial charge in [0.15, 0.2) is 0 Å². The summed E-state index contributed by atoms with van der Waals surface area (Å²) < 4.78 is 15.8. The summed E-state index contributed by atoms with van der Waals surface area (Å²) in [6.45, 7) is 4.47. The maximum absolute atomic E-state index is 13.1. The predicted octanol–water partition coefficient (Wildman–Crippen LogP) is 3.62. The van der Waals surface area contributed by atoms with E-state index in [1.807, 2.05) is 49.4 Å². The van der Waals surface area contributed by atoms with E-state index in [0.717, 1.165) is 47.3 Å². The summed E-state index contributed by atoms with van der Waals surface area (Å²) in [5, 5.41) is 7.99. The third-order valence-electron chi connectivity index (χ3n) is 5.80. The number of ether oxygens (including phenoxy) is 2. The maximum atomic E-state index is 13.1. The number of likely N-dealkylation sites (tertiary alicyclic amines) is 1. The van der Waals surface area contributed by atoms with Crippen LogP contribution < -0.4 is 4.74 Å². The normalized spacial score (nSPS) is 19.7. The summed E-state index contributed by atoms with van der Waals surface area (Å²) >= 11 is 0. The molecule has 2 heterocycles. The van der Waals surface area contributed by atoms with Crippen LogP contribution in [0.2, 0.25) is 0 Å². The van der Waals surface area contributed by atoms with Gasteiger partial charge in [-0.15, -0.1) is 0 Å². The van der Waals surface area contributed by atoms with Gasteiger partial charge in [0.05, 0.1) is 19.1 Å². The molecule has 7 nitrogen and oxygen atoms in total. The molecule has 1 saturated heterocycles. The number of aromatic nitrogens is 2. The molecule has 3 aromatic rings. The van der Waals surface area contributed by atoms with Crippen LogP contribution in [0.25, 0.3) is 11.0 Å². The third kappa shape index (κ3) is 4.16. The monoisotopic (exact) mass is 409 g/mol. The molecule has 0 amide bonds. The molecule has 0 bridgehead atoms. The number of piperidine rings is 1. The van der Waals surface area contributed by atoms with E-state index in [1.54, 1.807) is 7.11 Å². The van der Waals surface area contributed by atoms with Gasteiger partial charge in [-0.2, -0.15) is 0 Å². The highest BCUT2D eigenvalue weighted by Crippen LogP contribution is 2.37. The molecule has 0 saturated carbocycles. The average molecular weight is 409 g/mol. The lowest BCUT2D eigenvalue weighted by Crippen LogP contribution is -2.49. The number of nitrogens with zero attached hydrogens (tertiary/aromatic N) is 3. The van der Waals surface area contributed by atoms with Gasteiger partial charge in [0, 0.05) is 13.1 Å². The molecule has 0 N–H and O–H groups in total. The first-order valence-corrected chi connectivity index (χ1v) is 10.4. The molecule has 1 atom stereocenters.